The average molecular weight is 672 g/mol. The van der Waals surface area contributed by atoms with E-state index in [9.17, 15) is 0 Å². The molecule has 0 N–H and O–H groups in total. The molecule has 0 atom stereocenters. The number of nitrogens with zero attached hydrogens (tertiary/aromatic N) is 3. The Morgan fingerprint density at radius 3 is 1.58 bits per heavy atom. The molecular formula is C50H29N3. The molecule has 4 aromatic heterocycles. The Bertz CT molecular complexity index is 3570. The Morgan fingerprint density at radius 1 is 0.302 bits per heavy atom. The second-order valence-corrected chi connectivity index (χ2v) is 14.5. The van der Waals surface area contributed by atoms with Gasteiger partial charge in [-0.15, -0.1) is 0 Å². The topological polar surface area (TPSA) is 12.1 Å². The van der Waals surface area contributed by atoms with Gasteiger partial charge in [0.15, 0.2) is 0 Å². The van der Waals surface area contributed by atoms with E-state index in [0.717, 1.165) is 17.1 Å². The molecular weight excluding hydrogens is 643 g/mol. The molecule has 3 heteroatoms. The van der Waals surface area contributed by atoms with E-state index in [1.807, 2.05) is 0 Å². The fourth-order valence-corrected chi connectivity index (χ4v) is 9.79. The van der Waals surface area contributed by atoms with Crippen LogP contribution in [0.4, 0.5) is 17.1 Å². The lowest BCUT2D eigenvalue weighted by Gasteiger charge is -2.26. The number of rotatable bonds is 3. The SMILES string of the molecule is c1ccc(N(c2ccccc2)c2cccc3c4c5ccccc5cc5c6cc7c(cc6n(c23)c54)c2cccc3c4ccc5ccccc5c4n7c23)cc1. The molecule has 0 aliphatic rings. The Labute approximate surface area is 303 Å². The van der Waals surface area contributed by atoms with Gasteiger partial charge >= 0.3 is 0 Å². The second kappa shape index (κ2) is 9.81. The third-order valence-corrected chi connectivity index (χ3v) is 11.9. The molecule has 0 spiro atoms. The monoisotopic (exact) mass is 671 g/mol. The summed E-state index contributed by atoms with van der Waals surface area (Å²) in [6.45, 7) is 0. The molecule has 0 radical (unpaired) electrons. The molecule has 0 unspecified atom stereocenters. The average Bonchev–Trinajstić information content (AvgIpc) is 3.94. The van der Waals surface area contributed by atoms with Crippen LogP contribution >= 0.6 is 0 Å². The predicted octanol–water partition coefficient (Wildman–Crippen LogP) is 13.8. The first kappa shape index (κ1) is 27.6. The van der Waals surface area contributed by atoms with Crippen molar-refractivity contribution in [2.75, 3.05) is 4.90 Å². The molecule has 0 saturated heterocycles. The molecule has 3 nitrogen and oxygen atoms in total. The van der Waals surface area contributed by atoms with Crippen LogP contribution in [0.25, 0.3) is 97.7 Å². The van der Waals surface area contributed by atoms with Gasteiger partial charge in [-0.05, 0) is 64.7 Å². The molecule has 0 saturated carbocycles. The summed E-state index contributed by atoms with van der Waals surface area (Å²) in [7, 11) is 0. The van der Waals surface area contributed by atoms with E-state index in [1.54, 1.807) is 0 Å². The fourth-order valence-electron chi connectivity index (χ4n) is 9.79. The van der Waals surface area contributed by atoms with Crippen molar-refractivity contribution in [1.82, 2.24) is 8.80 Å². The largest absolute Gasteiger partial charge is 0.308 e. The van der Waals surface area contributed by atoms with E-state index in [4.69, 9.17) is 0 Å². The van der Waals surface area contributed by atoms with Gasteiger partial charge in [0.25, 0.3) is 0 Å². The summed E-state index contributed by atoms with van der Waals surface area (Å²) in [6.07, 6.45) is 0. The van der Waals surface area contributed by atoms with E-state index in [-0.39, 0.29) is 0 Å². The molecule has 4 heterocycles. The first-order valence-electron chi connectivity index (χ1n) is 18.4. The first-order valence-corrected chi connectivity index (χ1v) is 18.4. The predicted molar refractivity (Wildman–Crippen MR) is 225 cm³/mol. The Morgan fingerprint density at radius 2 is 0.830 bits per heavy atom. The zero-order valence-electron chi connectivity index (χ0n) is 28.6. The number of anilines is 3. The van der Waals surface area contributed by atoms with Crippen LogP contribution in [0.15, 0.2) is 176 Å². The molecule has 13 rings (SSSR count). The molecule has 9 aromatic carbocycles. The van der Waals surface area contributed by atoms with Gasteiger partial charge in [0.1, 0.15) is 0 Å². The van der Waals surface area contributed by atoms with E-state index >= 15 is 0 Å². The zero-order chi connectivity index (χ0) is 34.4. The quantitative estimate of drug-likeness (QED) is 0.182. The lowest BCUT2D eigenvalue weighted by molar-refractivity contribution is 1.27. The highest BCUT2D eigenvalue weighted by atomic mass is 15.2. The number of hydrogen-bond acceptors (Lipinski definition) is 1. The molecule has 0 amide bonds. The Kier molecular flexibility index (Phi) is 5.11. The minimum Gasteiger partial charge on any atom is -0.308 e. The third-order valence-electron chi connectivity index (χ3n) is 11.9. The third kappa shape index (κ3) is 3.40. The highest BCUT2D eigenvalue weighted by Gasteiger charge is 2.26. The zero-order valence-corrected chi connectivity index (χ0v) is 28.6. The first-order chi connectivity index (χ1) is 26.3. The van der Waals surface area contributed by atoms with Crippen molar-refractivity contribution in [3.63, 3.8) is 0 Å². The van der Waals surface area contributed by atoms with Gasteiger partial charge in [0, 0.05) is 59.9 Å². The number of fused-ring (bicyclic) bond motifs is 16. The van der Waals surface area contributed by atoms with Gasteiger partial charge in [0.2, 0.25) is 0 Å². The smallest absolute Gasteiger partial charge is 0.0783 e. The second-order valence-electron chi connectivity index (χ2n) is 14.5. The number of benzene rings is 9. The maximum Gasteiger partial charge on any atom is 0.0783 e. The van der Waals surface area contributed by atoms with Crippen molar-refractivity contribution < 1.29 is 0 Å². The molecule has 0 aliphatic heterocycles. The van der Waals surface area contributed by atoms with E-state index in [2.05, 4.69) is 190 Å². The van der Waals surface area contributed by atoms with Crippen LogP contribution in [0.1, 0.15) is 0 Å². The molecule has 0 bridgehead atoms. The van der Waals surface area contributed by atoms with Gasteiger partial charge in [-0.2, -0.15) is 0 Å². The maximum atomic E-state index is 2.58. The fraction of sp³-hybridized carbons (Fsp3) is 0. The van der Waals surface area contributed by atoms with Crippen molar-refractivity contribution in [1.29, 1.82) is 0 Å². The van der Waals surface area contributed by atoms with E-state index < -0.39 is 0 Å². The van der Waals surface area contributed by atoms with Crippen LogP contribution in [0.2, 0.25) is 0 Å². The van der Waals surface area contributed by atoms with Crippen molar-refractivity contribution in [3.8, 4) is 0 Å². The summed E-state index contributed by atoms with van der Waals surface area (Å²) >= 11 is 0. The van der Waals surface area contributed by atoms with Gasteiger partial charge in [-0.3, -0.25) is 0 Å². The number of hydrogen-bond donors (Lipinski definition) is 0. The molecule has 244 valence electrons. The van der Waals surface area contributed by atoms with Crippen LogP contribution in [0.5, 0.6) is 0 Å². The van der Waals surface area contributed by atoms with Gasteiger partial charge in [-0.1, -0.05) is 127 Å². The van der Waals surface area contributed by atoms with Crippen molar-refractivity contribution >= 4 is 115 Å². The van der Waals surface area contributed by atoms with Crippen LogP contribution < -0.4 is 4.90 Å². The minimum atomic E-state index is 1.13. The van der Waals surface area contributed by atoms with Crippen LogP contribution in [0, 0.1) is 0 Å². The van der Waals surface area contributed by atoms with E-state index in [1.165, 1.54) is 97.7 Å². The van der Waals surface area contributed by atoms with Crippen LogP contribution in [-0.4, -0.2) is 8.80 Å². The molecule has 53 heavy (non-hydrogen) atoms. The van der Waals surface area contributed by atoms with Crippen LogP contribution in [0.3, 0.4) is 0 Å². The lowest BCUT2D eigenvalue weighted by atomic mass is 9.99. The normalized spacial score (nSPS) is 12.5. The summed E-state index contributed by atoms with van der Waals surface area (Å²) in [5, 5.41) is 15.5. The standard InChI is InChI=1S/C50H29N3/c1-3-15-32(16-4-1)51(33-17-5-2-6-18-33)43-24-12-23-39-46-34-19-9-8-14-31(34)27-42-41-29-44-40(28-45(41)53(49(39)43)50(42)46)37-22-11-21-36-38-26-25-30-13-7-10-20-35(30)47(38)52(44)48(36)37/h1-29H. The molecule has 0 aliphatic carbocycles. The summed E-state index contributed by atoms with van der Waals surface area (Å²) in [6, 6.07) is 65.0. The highest BCUT2D eigenvalue weighted by Crippen LogP contribution is 2.50. The Hall–Kier alpha value is -7.10. The van der Waals surface area contributed by atoms with Gasteiger partial charge in [0.05, 0.1) is 38.8 Å². The summed E-state index contributed by atoms with van der Waals surface area (Å²) in [4.78, 5) is 2.42. The summed E-state index contributed by atoms with van der Waals surface area (Å²) < 4.78 is 5.14. The molecule has 0 fully saturated rings. The van der Waals surface area contributed by atoms with Gasteiger partial charge < -0.3 is 13.7 Å². The number of para-hydroxylation sites is 4. The maximum absolute atomic E-state index is 2.58. The van der Waals surface area contributed by atoms with Gasteiger partial charge in [-0.25, -0.2) is 0 Å². The van der Waals surface area contributed by atoms with Crippen molar-refractivity contribution in [2.45, 2.75) is 0 Å². The highest BCUT2D eigenvalue weighted by molar-refractivity contribution is 6.35. The van der Waals surface area contributed by atoms with Crippen LogP contribution in [-0.2, 0) is 0 Å². The molecule has 13 aromatic rings. The van der Waals surface area contributed by atoms with Crippen molar-refractivity contribution in [3.05, 3.63) is 176 Å². The lowest BCUT2D eigenvalue weighted by Crippen LogP contribution is -2.10. The number of aromatic nitrogens is 2. The Balaban J connectivity index is 1.26. The summed E-state index contributed by atoms with van der Waals surface area (Å²) in [5.41, 5.74) is 11.0. The summed E-state index contributed by atoms with van der Waals surface area (Å²) in [5.74, 6) is 0. The minimum absolute atomic E-state index is 1.13. The van der Waals surface area contributed by atoms with Crippen molar-refractivity contribution in [2.24, 2.45) is 0 Å². The van der Waals surface area contributed by atoms with E-state index in [0.29, 0.717) is 0 Å².